The van der Waals surface area contributed by atoms with E-state index in [4.69, 9.17) is 18.9 Å². The zero-order chi connectivity index (χ0) is 22.9. The number of benzene rings is 3. The Balaban J connectivity index is 1.46. The highest BCUT2D eigenvalue weighted by Gasteiger charge is 2.43. The van der Waals surface area contributed by atoms with Crippen LogP contribution in [0.2, 0.25) is 0 Å². The Hall–Kier alpha value is -2.50. The number of hydrogen-bond donors (Lipinski definition) is 0. The third-order valence-electron chi connectivity index (χ3n) is 6.30. The van der Waals surface area contributed by atoms with Crippen LogP contribution in [0.25, 0.3) is 0 Å². The Morgan fingerprint density at radius 2 is 1.06 bits per heavy atom. The minimum atomic E-state index is -0.226. The second-order valence-corrected chi connectivity index (χ2v) is 8.76. The molecule has 174 valence electrons. The highest BCUT2D eigenvalue weighted by Crippen LogP contribution is 2.32. The van der Waals surface area contributed by atoms with Gasteiger partial charge in [-0.25, -0.2) is 0 Å². The monoisotopic (exact) mass is 446 g/mol. The molecular weight excluding hydrogens is 412 g/mol. The van der Waals surface area contributed by atoms with E-state index in [1.807, 2.05) is 54.6 Å². The maximum Gasteiger partial charge on any atom is 0.113 e. The van der Waals surface area contributed by atoms with Crippen LogP contribution in [0.5, 0.6) is 0 Å². The molecule has 1 aliphatic rings. The van der Waals surface area contributed by atoms with E-state index >= 15 is 0 Å². The summed E-state index contributed by atoms with van der Waals surface area (Å²) in [5.74, 6) is 0.194. The maximum atomic E-state index is 6.49. The van der Waals surface area contributed by atoms with Crippen LogP contribution < -0.4 is 0 Å². The summed E-state index contributed by atoms with van der Waals surface area (Å²) in [6, 6.07) is 30.7. The van der Waals surface area contributed by atoms with E-state index in [2.05, 4.69) is 50.2 Å². The van der Waals surface area contributed by atoms with Crippen LogP contribution in [0.15, 0.2) is 91.0 Å². The molecule has 0 aliphatic carbocycles. The first-order chi connectivity index (χ1) is 16.2. The Bertz CT molecular complexity index is 932. The van der Waals surface area contributed by atoms with Crippen molar-refractivity contribution in [1.29, 1.82) is 0 Å². The van der Waals surface area contributed by atoms with Crippen molar-refractivity contribution in [3.63, 3.8) is 0 Å². The van der Waals surface area contributed by atoms with Crippen LogP contribution >= 0.6 is 0 Å². The molecule has 0 spiro atoms. The molecule has 4 heteroatoms. The normalized spacial score (nSPS) is 25.1. The first kappa shape index (κ1) is 23.7. The molecule has 0 bridgehead atoms. The van der Waals surface area contributed by atoms with Crippen LogP contribution in [-0.4, -0.2) is 31.0 Å². The Morgan fingerprint density at radius 1 is 0.606 bits per heavy atom. The van der Waals surface area contributed by atoms with E-state index in [1.165, 1.54) is 0 Å². The average molecular weight is 447 g/mol. The fraction of sp³-hybridized carbons (Fsp3) is 0.379. The molecule has 3 aromatic carbocycles. The minimum Gasteiger partial charge on any atom is -0.374 e. The molecule has 1 heterocycles. The maximum absolute atomic E-state index is 6.49. The lowest BCUT2D eigenvalue weighted by Gasteiger charge is -2.44. The molecule has 0 radical (unpaired) electrons. The van der Waals surface area contributed by atoms with Crippen molar-refractivity contribution in [2.45, 2.75) is 58.1 Å². The van der Waals surface area contributed by atoms with Crippen LogP contribution in [0, 0.1) is 5.92 Å². The van der Waals surface area contributed by atoms with Crippen molar-refractivity contribution >= 4 is 0 Å². The molecule has 4 nitrogen and oxygen atoms in total. The van der Waals surface area contributed by atoms with Crippen molar-refractivity contribution in [1.82, 2.24) is 0 Å². The van der Waals surface area contributed by atoms with Gasteiger partial charge in [-0.3, -0.25) is 0 Å². The molecular formula is C29H34O4. The molecule has 5 atom stereocenters. The van der Waals surface area contributed by atoms with Gasteiger partial charge in [0.25, 0.3) is 0 Å². The molecule has 0 aromatic heterocycles. The van der Waals surface area contributed by atoms with E-state index in [-0.39, 0.29) is 30.3 Å². The number of ether oxygens (including phenoxy) is 4. The molecule has 3 aromatic rings. The molecule has 1 saturated heterocycles. The summed E-state index contributed by atoms with van der Waals surface area (Å²) in [6.07, 6.45) is -0.476. The smallest absolute Gasteiger partial charge is 0.113 e. The SMILES string of the molecule is C[C@@H]1[C@@H](OCc2ccccc2)[C@@H](OCc2ccccc2)[C@@H](COCc2ccccc2)O[C@H]1C. The molecule has 33 heavy (non-hydrogen) atoms. The van der Waals surface area contributed by atoms with Gasteiger partial charge in [0.2, 0.25) is 0 Å². The quantitative estimate of drug-likeness (QED) is 0.395. The van der Waals surface area contributed by atoms with Gasteiger partial charge in [0, 0.05) is 5.92 Å². The third kappa shape index (κ3) is 6.75. The lowest BCUT2D eigenvalue weighted by molar-refractivity contribution is -0.238. The Labute approximate surface area is 197 Å². The fourth-order valence-corrected chi connectivity index (χ4v) is 4.24. The van der Waals surface area contributed by atoms with Crippen molar-refractivity contribution in [2.24, 2.45) is 5.92 Å². The van der Waals surface area contributed by atoms with Gasteiger partial charge in [-0.05, 0) is 23.6 Å². The average Bonchev–Trinajstić information content (AvgIpc) is 2.86. The van der Waals surface area contributed by atoms with Gasteiger partial charge in [-0.2, -0.15) is 0 Å². The van der Waals surface area contributed by atoms with Gasteiger partial charge in [-0.15, -0.1) is 0 Å². The van der Waals surface area contributed by atoms with Gasteiger partial charge in [0.15, 0.2) is 0 Å². The van der Waals surface area contributed by atoms with Gasteiger partial charge in [0.05, 0.1) is 38.6 Å². The molecule has 1 fully saturated rings. The molecule has 0 N–H and O–H groups in total. The summed E-state index contributed by atoms with van der Waals surface area (Å²) in [5, 5.41) is 0. The lowest BCUT2D eigenvalue weighted by Crippen LogP contribution is -2.56. The van der Waals surface area contributed by atoms with E-state index in [0.717, 1.165) is 16.7 Å². The highest BCUT2D eigenvalue weighted by molar-refractivity contribution is 5.15. The van der Waals surface area contributed by atoms with Gasteiger partial charge in [-0.1, -0.05) is 97.9 Å². The van der Waals surface area contributed by atoms with Crippen LogP contribution in [0.4, 0.5) is 0 Å². The predicted molar refractivity (Wildman–Crippen MR) is 130 cm³/mol. The van der Waals surface area contributed by atoms with Crippen LogP contribution in [0.3, 0.4) is 0 Å². The van der Waals surface area contributed by atoms with Crippen molar-refractivity contribution in [3.8, 4) is 0 Å². The first-order valence-electron chi connectivity index (χ1n) is 11.8. The van der Waals surface area contributed by atoms with Gasteiger partial charge in [0.1, 0.15) is 12.2 Å². The zero-order valence-electron chi connectivity index (χ0n) is 19.5. The van der Waals surface area contributed by atoms with Gasteiger partial charge >= 0.3 is 0 Å². The van der Waals surface area contributed by atoms with E-state index in [1.54, 1.807) is 0 Å². The molecule has 0 saturated carbocycles. The molecule has 4 rings (SSSR count). The van der Waals surface area contributed by atoms with E-state index in [9.17, 15) is 0 Å². The molecule has 1 aliphatic heterocycles. The van der Waals surface area contributed by atoms with Crippen molar-refractivity contribution in [2.75, 3.05) is 6.61 Å². The molecule has 0 amide bonds. The summed E-state index contributed by atoms with van der Waals surface area (Å²) in [7, 11) is 0. The Morgan fingerprint density at radius 3 is 1.58 bits per heavy atom. The fourth-order valence-electron chi connectivity index (χ4n) is 4.24. The van der Waals surface area contributed by atoms with E-state index in [0.29, 0.717) is 26.4 Å². The topological polar surface area (TPSA) is 36.9 Å². The van der Waals surface area contributed by atoms with Crippen LogP contribution in [0.1, 0.15) is 30.5 Å². The minimum absolute atomic E-state index is 0.0488. The van der Waals surface area contributed by atoms with Crippen LogP contribution in [-0.2, 0) is 38.8 Å². The Kier molecular flexibility index (Phi) is 8.67. The third-order valence-corrected chi connectivity index (χ3v) is 6.30. The van der Waals surface area contributed by atoms with E-state index < -0.39 is 0 Å². The largest absolute Gasteiger partial charge is 0.374 e. The summed E-state index contributed by atoms with van der Waals surface area (Å²) in [5.41, 5.74) is 3.44. The lowest BCUT2D eigenvalue weighted by atomic mass is 9.88. The number of rotatable bonds is 10. The summed E-state index contributed by atoms with van der Waals surface area (Å²) in [4.78, 5) is 0. The zero-order valence-corrected chi connectivity index (χ0v) is 19.5. The van der Waals surface area contributed by atoms with Gasteiger partial charge < -0.3 is 18.9 Å². The second kappa shape index (κ2) is 12.1. The summed E-state index contributed by atoms with van der Waals surface area (Å²) >= 11 is 0. The summed E-state index contributed by atoms with van der Waals surface area (Å²) < 4.78 is 25.4. The predicted octanol–water partition coefficient (Wildman–Crippen LogP) is 5.80. The van der Waals surface area contributed by atoms with Crippen molar-refractivity contribution in [3.05, 3.63) is 108 Å². The molecule has 0 unspecified atom stereocenters. The summed E-state index contributed by atoms with van der Waals surface area (Å²) in [6.45, 7) is 6.35. The second-order valence-electron chi connectivity index (χ2n) is 8.76. The standard InChI is InChI=1S/C29H34O4/c1-22-23(2)33-27(21-30-18-24-12-6-3-7-13-24)29(32-20-26-16-10-5-11-17-26)28(22)31-19-25-14-8-4-9-15-25/h3-17,22-23,27-29H,18-21H2,1-2H3/t22-,23-,27+,28+,29-/m0/s1. The van der Waals surface area contributed by atoms with Crippen molar-refractivity contribution < 1.29 is 18.9 Å². The number of hydrogen-bond acceptors (Lipinski definition) is 4. The highest BCUT2D eigenvalue weighted by atomic mass is 16.6. The first-order valence-corrected chi connectivity index (χ1v) is 11.8.